The number of carbonyl (C=O) groups is 2. The van der Waals surface area contributed by atoms with Crippen LogP contribution in [0.2, 0.25) is 0 Å². The van der Waals surface area contributed by atoms with Crippen LogP contribution in [0.5, 0.6) is 5.75 Å². The number of fused-ring (bicyclic) bond motifs is 1. The fourth-order valence-electron chi connectivity index (χ4n) is 2.45. The molecular weight excluding hydrogens is 360 g/mol. The highest BCUT2D eigenvalue weighted by molar-refractivity contribution is 9.10. The Labute approximate surface area is 144 Å². The van der Waals surface area contributed by atoms with Gasteiger partial charge in [-0.2, -0.15) is 0 Å². The van der Waals surface area contributed by atoms with Crippen molar-refractivity contribution in [3.05, 3.63) is 28.4 Å². The summed E-state index contributed by atoms with van der Waals surface area (Å²) in [6, 6.07) is 3.82. The summed E-state index contributed by atoms with van der Waals surface area (Å²) in [6.45, 7) is 6.21. The van der Waals surface area contributed by atoms with Gasteiger partial charge in [-0.3, -0.25) is 14.2 Å². The molecule has 1 aromatic carbocycles. The van der Waals surface area contributed by atoms with Crippen LogP contribution in [0.1, 0.15) is 31.1 Å². The van der Waals surface area contributed by atoms with Crippen LogP contribution in [0.25, 0.3) is 10.9 Å². The molecule has 0 aliphatic rings. The normalized spacial score (nSPS) is 11.5. The monoisotopic (exact) mass is 380 g/mol. The highest BCUT2D eigenvalue weighted by Crippen LogP contribution is 2.34. The minimum atomic E-state index is -0.489. The molecule has 0 aliphatic heterocycles. The fraction of sp³-hybridized carbons (Fsp3) is 0.412. The Bertz CT molecular complexity index is 744. The molecule has 1 aromatic heterocycles. The second kappa shape index (κ2) is 6.74. The fourth-order valence-corrected chi connectivity index (χ4v) is 2.94. The van der Waals surface area contributed by atoms with Crippen LogP contribution in [0.3, 0.4) is 0 Å². The van der Waals surface area contributed by atoms with E-state index in [0.717, 1.165) is 20.9 Å². The average Bonchev–Trinajstić information content (AvgIpc) is 2.82. The molecule has 0 unspecified atom stereocenters. The summed E-state index contributed by atoms with van der Waals surface area (Å²) < 4.78 is 7.85. The van der Waals surface area contributed by atoms with Crippen molar-refractivity contribution in [2.75, 3.05) is 13.7 Å². The van der Waals surface area contributed by atoms with Crippen molar-refractivity contribution in [1.82, 2.24) is 9.88 Å². The molecule has 0 saturated heterocycles. The van der Waals surface area contributed by atoms with E-state index in [9.17, 15) is 9.59 Å². The van der Waals surface area contributed by atoms with Crippen LogP contribution < -0.4 is 10.1 Å². The zero-order valence-corrected chi connectivity index (χ0v) is 15.4. The maximum atomic E-state index is 12.7. The molecule has 0 atom stereocenters. The van der Waals surface area contributed by atoms with E-state index in [1.165, 1.54) is 0 Å². The zero-order valence-electron chi connectivity index (χ0n) is 13.8. The average molecular weight is 381 g/mol. The van der Waals surface area contributed by atoms with Crippen molar-refractivity contribution in [3.63, 3.8) is 0 Å². The summed E-state index contributed by atoms with van der Waals surface area (Å²) in [7, 11) is 1.61. The standard InChI is InChI=1S/C17H21BrN2O3/c1-17(2,3)16(22)20-9-11(5-6-19-10-21)12-7-15(23-4)13(18)8-14(12)20/h7-10H,5-6H2,1-4H3,(H,19,21). The van der Waals surface area contributed by atoms with E-state index in [1.54, 1.807) is 11.7 Å². The van der Waals surface area contributed by atoms with Gasteiger partial charge >= 0.3 is 0 Å². The van der Waals surface area contributed by atoms with Gasteiger partial charge in [-0.15, -0.1) is 0 Å². The number of hydrogen-bond acceptors (Lipinski definition) is 3. The lowest BCUT2D eigenvalue weighted by Gasteiger charge is -2.18. The molecule has 1 N–H and O–H groups in total. The predicted molar refractivity (Wildman–Crippen MR) is 94.0 cm³/mol. The Morgan fingerprint density at radius 1 is 1.39 bits per heavy atom. The number of amides is 1. The van der Waals surface area contributed by atoms with E-state index in [4.69, 9.17) is 4.74 Å². The summed E-state index contributed by atoms with van der Waals surface area (Å²) in [5.41, 5.74) is 1.34. The number of nitrogens with one attached hydrogen (secondary N) is 1. The zero-order chi connectivity index (χ0) is 17.2. The third-order valence-corrected chi connectivity index (χ3v) is 4.26. The molecule has 124 valence electrons. The summed E-state index contributed by atoms with van der Waals surface area (Å²) in [4.78, 5) is 23.2. The molecule has 0 bridgehead atoms. The molecule has 1 amide bonds. The van der Waals surface area contributed by atoms with E-state index in [2.05, 4.69) is 21.2 Å². The van der Waals surface area contributed by atoms with Crippen LogP contribution >= 0.6 is 15.9 Å². The summed E-state index contributed by atoms with van der Waals surface area (Å²) in [5, 5.41) is 3.61. The number of benzene rings is 1. The lowest BCUT2D eigenvalue weighted by Crippen LogP contribution is -2.26. The van der Waals surface area contributed by atoms with Gasteiger partial charge in [0.25, 0.3) is 0 Å². The largest absolute Gasteiger partial charge is 0.496 e. The first-order valence-corrected chi connectivity index (χ1v) is 8.18. The summed E-state index contributed by atoms with van der Waals surface area (Å²) in [6.07, 6.45) is 3.18. The number of aromatic nitrogens is 1. The van der Waals surface area contributed by atoms with Crippen LogP contribution in [0.4, 0.5) is 0 Å². The lowest BCUT2D eigenvalue weighted by atomic mass is 9.95. The highest BCUT2D eigenvalue weighted by atomic mass is 79.9. The van der Waals surface area contributed by atoms with Gasteiger partial charge in [0, 0.05) is 23.5 Å². The first kappa shape index (κ1) is 17.5. The number of nitrogens with zero attached hydrogens (tertiary/aromatic N) is 1. The minimum Gasteiger partial charge on any atom is -0.496 e. The molecule has 2 aromatic rings. The molecule has 23 heavy (non-hydrogen) atoms. The van der Waals surface area contributed by atoms with E-state index >= 15 is 0 Å². The Hall–Kier alpha value is -1.82. The first-order valence-electron chi connectivity index (χ1n) is 7.39. The van der Waals surface area contributed by atoms with Crippen LogP contribution in [0, 0.1) is 5.41 Å². The molecule has 0 saturated carbocycles. The van der Waals surface area contributed by atoms with Crippen molar-refractivity contribution in [2.45, 2.75) is 27.2 Å². The number of carbonyl (C=O) groups excluding carboxylic acids is 2. The van der Waals surface area contributed by atoms with Gasteiger partial charge < -0.3 is 10.1 Å². The second-order valence-corrected chi connectivity index (χ2v) is 7.26. The molecule has 0 fully saturated rings. The van der Waals surface area contributed by atoms with Crippen molar-refractivity contribution in [1.29, 1.82) is 0 Å². The van der Waals surface area contributed by atoms with Crippen LogP contribution in [0.15, 0.2) is 22.8 Å². The van der Waals surface area contributed by atoms with Crippen molar-refractivity contribution in [3.8, 4) is 5.75 Å². The Morgan fingerprint density at radius 2 is 2.09 bits per heavy atom. The van der Waals surface area contributed by atoms with E-state index < -0.39 is 5.41 Å². The van der Waals surface area contributed by atoms with Gasteiger partial charge in [-0.25, -0.2) is 0 Å². The first-order chi connectivity index (χ1) is 10.8. The lowest BCUT2D eigenvalue weighted by molar-refractivity contribution is -0.109. The molecule has 0 radical (unpaired) electrons. The summed E-state index contributed by atoms with van der Waals surface area (Å²) >= 11 is 3.48. The quantitative estimate of drug-likeness (QED) is 0.638. The maximum Gasteiger partial charge on any atom is 0.236 e. The van der Waals surface area contributed by atoms with Gasteiger partial charge in [-0.1, -0.05) is 20.8 Å². The van der Waals surface area contributed by atoms with E-state index in [-0.39, 0.29) is 5.91 Å². The van der Waals surface area contributed by atoms with Crippen molar-refractivity contribution >= 4 is 39.2 Å². The Morgan fingerprint density at radius 3 is 2.65 bits per heavy atom. The SMILES string of the molecule is COc1cc2c(CCNC=O)cn(C(=O)C(C)(C)C)c2cc1Br. The molecule has 6 heteroatoms. The van der Waals surface area contributed by atoms with Crippen LogP contribution in [-0.4, -0.2) is 30.5 Å². The Kier molecular flexibility index (Phi) is 5.14. The molecule has 0 spiro atoms. The number of methoxy groups -OCH3 is 1. The third-order valence-electron chi connectivity index (χ3n) is 3.64. The van der Waals surface area contributed by atoms with Gasteiger partial charge in [0.15, 0.2) is 0 Å². The van der Waals surface area contributed by atoms with Gasteiger partial charge in [0.05, 0.1) is 17.1 Å². The number of ether oxygens (including phenoxy) is 1. The number of hydrogen-bond donors (Lipinski definition) is 1. The van der Waals surface area contributed by atoms with Gasteiger partial charge in [-0.05, 0) is 40.0 Å². The number of rotatable bonds is 5. The minimum absolute atomic E-state index is 0.0224. The second-order valence-electron chi connectivity index (χ2n) is 6.41. The van der Waals surface area contributed by atoms with Gasteiger partial charge in [0.2, 0.25) is 12.3 Å². The van der Waals surface area contributed by atoms with Crippen molar-refractivity contribution < 1.29 is 14.3 Å². The van der Waals surface area contributed by atoms with E-state index in [0.29, 0.717) is 25.1 Å². The predicted octanol–water partition coefficient (Wildman–Crippen LogP) is 3.39. The molecule has 2 rings (SSSR count). The number of halogens is 1. The smallest absolute Gasteiger partial charge is 0.236 e. The maximum absolute atomic E-state index is 12.7. The molecule has 0 aliphatic carbocycles. The Balaban J connectivity index is 2.61. The molecular formula is C17H21BrN2O3. The molecule has 5 nitrogen and oxygen atoms in total. The topological polar surface area (TPSA) is 60.3 Å². The van der Waals surface area contributed by atoms with E-state index in [1.807, 2.05) is 39.1 Å². The molecule has 1 heterocycles. The third kappa shape index (κ3) is 3.58. The van der Waals surface area contributed by atoms with Crippen molar-refractivity contribution in [2.24, 2.45) is 5.41 Å². The summed E-state index contributed by atoms with van der Waals surface area (Å²) in [5.74, 6) is 0.734. The highest BCUT2D eigenvalue weighted by Gasteiger charge is 2.25. The van der Waals surface area contributed by atoms with Crippen LogP contribution in [-0.2, 0) is 11.2 Å². The van der Waals surface area contributed by atoms with Gasteiger partial charge in [0.1, 0.15) is 5.75 Å².